The second kappa shape index (κ2) is 3.37. The molecule has 1 amide bonds. The number of carbonyl (C=O) groups is 1. The topological polar surface area (TPSA) is 69.1 Å². The summed E-state index contributed by atoms with van der Waals surface area (Å²) in [5.41, 5.74) is 13.9. The van der Waals surface area contributed by atoms with Crippen LogP contribution in [-0.2, 0) is 6.42 Å². The fraction of sp³-hybridized carbons (Fsp3) is 0.300. The molecule has 74 valence electrons. The molecule has 0 aliphatic heterocycles. The highest BCUT2D eigenvalue weighted by molar-refractivity contribution is 9.10. The third-order valence-corrected chi connectivity index (χ3v) is 3.08. The maximum absolute atomic E-state index is 11.2. The van der Waals surface area contributed by atoms with Crippen molar-refractivity contribution in [1.29, 1.82) is 0 Å². The number of hydrogen-bond donors (Lipinski definition) is 2. The number of primary amides is 1. The smallest absolute Gasteiger partial charge is 0.249 e. The Kier molecular flexibility index (Phi) is 2.33. The quantitative estimate of drug-likeness (QED) is 0.798. The molecule has 1 aliphatic carbocycles. The van der Waals surface area contributed by atoms with E-state index in [-0.39, 0.29) is 11.9 Å². The van der Waals surface area contributed by atoms with Gasteiger partial charge in [-0.25, -0.2) is 0 Å². The third kappa shape index (κ3) is 1.44. The number of amides is 1. The molecule has 1 atom stereocenters. The fourth-order valence-electron chi connectivity index (χ4n) is 1.94. The number of hydrogen-bond acceptors (Lipinski definition) is 2. The van der Waals surface area contributed by atoms with Crippen LogP contribution in [0.15, 0.2) is 16.6 Å². The first-order valence-electron chi connectivity index (χ1n) is 4.47. The van der Waals surface area contributed by atoms with Crippen LogP contribution in [0.1, 0.15) is 33.9 Å². The average Bonchev–Trinajstić information content (AvgIpc) is 2.47. The number of rotatable bonds is 1. The summed E-state index contributed by atoms with van der Waals surface area (Å²) in [6, 6.07) is 3.78. The first-order chi connectivity index (χ1) is 6.59. The van der Waals surface area contributed by atoms with Gasteiger partial charge in [-0.15, -0.1) is 0 Å². The Labute approximate surface area is 90.6 Å². The summed E-state index contributed by atoms with van der Waals surface area (Å²) in [6.07, 6.45) is 1.74. The fourth-order valence-corrected chi connectivity index (χ4v) is 2.42. The maximum Gasteiger partial charge on any atom is 0.249 e. The van der Waals surface area contributed by atoms with E-state index in [2.05, 4.69) is 15.9 Å². The van der Waals surface area contributed by atoms with Crippen LogP contribution >= 0.6 is 15.9 Å². The molecule has 1 aliphatic rings. The molecule has 3 nitrogen and oxygen atoms in total. The van der Waals surface area contributed by atoms with Gasteiger partial charge in [-0.3, -0.25) is 4.79 Å². The summed E-state index contributed by atoms with van der Waals surface area (Å²) in [5, 5.41) is 0. The first-order valence-corrected chi connectivity index (χ1v) is 5.26. The Morgan fingerprint density at radius 2 is 2.21 bits per heavy atom. The summed E-state index contributed by atoms with van der Waals surface area (Å²) >= 11 is 3.35. The van der Waals surface area contributed by atoms with Crippen molar-refractivity contribution in [3.05, 3.63) is 33.3 Å². The Bertz CT molecular complexity index is 403. The molecule has 2 rings (SSSR count). The van der Waals surface area contributed by atoms with Crippen LogP contribution in [-0.4, -0.2) is 5.91 Å². The third-order valence-electron chi connectivity index (χ3n) is 2.62. The molecule has 4 heteroatoms. The molecule has 1 aromatic rings. The van der Waals surface area contributed by atoms with E-state index in [0.29, 0.717) is 5.56 Å². The van der Waals surface area contributed by atoms with Gasteiger partial charge in [0.1, 0.15) is 0 Å². The zero-order valence-corrected chi connectivity index (χ0v) is 9.17. The van der Waals surface area contributed by atoms with E-state index in [1.54, 1.807) is 6.07 Å². The van der Waals surface area contributed by atoms with Crippen molar-refractivity contribution >= 4 is 21.8 Å². The van der Waals surface area contributed by atoms with Crippen molar-refractivity contribution < 1.29 is 4.79 Å². The van der Waals surface area contributed by atoms with Crippen LogP contribution in [0.4, 0.5) is 0 Å². The zero-order valence-electron chi connectivity index (χ0n) is 7.59. The SMILES string of the molecule is NC(=O)c1cc(Br)cc2c1CC[C@@H]2N. The Hall–Kier alpha value is -0.870. The van der Waals surface area contributed by atoms with E-state index in [1.165, 1.54) is 0 Å². The molecular weight excluding hydrogens is 244 g/mol. The summed E-state index contributed by atoms with van der Waals surface area (Å²) < 4.78 is 0.863. The predicted octanol–water partition coefficient (Wildman–Crippen LogP) is 1.49. The molecule has 0 bridgehead atoms. The number of halogens is 1. The maximum atomic E-state index is 11.2. The Morgan fingerprint density at radius 3 is 2.86 bits per heavy atom. The average molecular weight is 255 g/mol. The molecule has 14 heavy (non-hydrogen) atoms. The largest absolute Gasteiger partial charge is 0.366 e. The van der Waals surface area contributed by atoms with Crippen molar-refractivity contribution in [1.82, 2.24) is 0 Å². The lowest BCUT2D eigenvalue weighted by Gasteiger charge is -2.08. The molecular formula is C10H11BrN2O. The van der Waals surface area contributed by atoms with Crippen LogP contribution < -0.4 is 11.5 Å². The van der Waals surface area contributed by atoms with Crippen molar-refractivity contribution in [2.24, 2.45) is 11.5 Å². The van der Waals surface area contributed by atoms with Crippen LogP contribution in [0.3, 0.4) is 0 Å². The van der Waals surface area contributed by atoms with Gasteiger partial charge in [-0.05, 0) is 36.1 Å². The van der Waals surface area contributed by atoms with Crippen LogP contribution in [0.2, 0.25) is 0 Å². The molecule has 1 aromatic carbocycles. The molecule has 0 unspecified atom stereocenters. The van der Waals surface area contributed by atoms with Crippen molar-refractivity contribution in [3.8, 4) is 0 Å². The molecule has 0 radical (unpaired) electrons. The van der Waals surface area contributed by atoms with E-state index in [1.807, 2.05) is 6.07 Å². The second-order valence-corrected chi connectivity index (χ2v) is 4.45. The molecule has 0 spiro atoms. The second-order valence-electron chi connectivity index (χ2n) is 3.53. The Balaban J connectivity index is 2.63. The van der Waals surface area contributed by atoms with Gasteiger partial charge in [0, 0.05) is 16.1 Å². The van der Waals surface area contributed by atoms with E-state index in [9.17, 15) is 4.79 Å². The minimum atomic E-state index is -0.378. The van der Waals surface area contributed by atoms with Gasteiger partial charge in [0.05, 0.1) is 0 Å². The minimum Gasteiger partial charge on any atom is -0.366 e. The lowest BCUT2D eigenvalue weighted by Crippen LogP contribution is -2.14. The number of fused-ring (bicyclic) bond motifs is 1. The number of nitrogens with two attached hydrogens (primary N) is 2. The van der Waals surface area contributed by atoms with Crippen molar-refractivity contribution in [2.75, 3.05) is 0 Å². The highest BCUT2D eigenvalue weighted by Gasteiger charge is 2.24. The highest BCUT2D eigenvalue weighted by atomic mass is 79.9. The zero-order chi connectivity index (χ0) is 10.3. The van der Waals surface area contributed by atoms with E-state index in [4.69, 9.17) is 11.5 Å². The van der Waals surface area contributed by atoms with Gasteiger partial charge in [-0.2, -0.15) is 0 Å². The van der Waals surface area contributed by atoms with Crippen LogP contribution in [0, 0.1) is 0 Å². The van der Waals surface area contributed by atoms with Gasteiger partial charge in [0.15, 0.2) is 0 Å². The standard InChI is InChI=1S/C10H11BrN2O/c11-5-3-7-6(1-2-9(7)12)8(4-5)10(13)14/h3-4,9H,1-2,12H2,(H2,13,14)/t9-/m0/s1. The van der Waals surface area contributed by atoms with E-state index < -0.39 is 0 Å². The van der Waals surface area contributed by atoms with Crippen molar-refractivity contribution in [2.45, 2.75) is 18.9 Å². The molecule has 0 aromatic heterocycles. The van der Waals surface area contributed by atoms with Gasteiger partial charge in [-0.1, -0.05) is 15.9 Å². The van der Waals surface area contributed by atoms with Gasteiger partial charge >= 0.3 is 0 Å². The Morgan fingerprint density at radius 1 is 1.50 bits per heavy atom. The minimum absolute atomic E-state index is 0.0422. The van der Waals surface area contributed by atoms with Crippen LogP contribution in [0.25, 0.3) is 0 Å². The predicted molar refractivity (Wildman–Crippen MR) is 57.9 cm³/mol. The number of benzene rings is 1. The summed E-state index contributed by atoms with van der Waals surface area (Å²) in [4.78, 5) is 11.2. The molecule has 0 heterocycles. The molecule has 0 fully saturated rings. The first kappa shape index (κ1) is 9.68. The lowest BCUT2D eigenvalue weighted by molar-refractivity contribution is 0.0999. The molecule has 0 saturated carbocycles. The number of carbonyl (C=O) groups excluding carboxylic acids is 1. The lowest BCUT2D eigenvalue weighted by atomic mass is 10.0. The normalized spacial score (nSPS) is 19.4. The molecule has 4 N–H and O–H groups in total. The van der Waals surface area contributed by atoms with E-state index in [0.717, 1.165) is 28.4 Å². The summed E-state index contributed by atoms with van der Waals surface area (Å²) in [6.45, 7) is 0. The monoisotopic (exact) mass is 254 g/mol. The van der Waals surface area contributed by atoms with Crippen LogP contribution in [0.5, 0.6) is 0 Å². The summed E-state index contributed by atoms with van der Waals surface area (Å²) in [5.74, 6) is -0.378. The van der Waals surface area contributed by atoms with Gasteiger partial charge in [0.25, 0.3) is 0 Å². The summed E-state index contributed by atoms with van der Waals surface area (Å²) in [7, 11) is 0. The van der Waals surface area contributed by atoms with E-state index >= 15 is 0 Å². The van der Waals surface area contributed by atoms with Gasteiger partial charge < -0.3 is 11.5 Å². The molecule has 0 saturated heterocycles. The highest BCUT2D eigenvalue weighted by Crippen LogP contribution is 2.34. The van der Waals surface area contributed by atoms with Crippen molar-refractivity contribution in [3.63, 3.8) is 0 Å². The van der Waals surface area contributed by atoms with Gasteiger partial charge in [0.2, 0.25) is 5.91 Å².